The normalized spacial score (nSPS) is 17.6. The topological polar surface area (TPSA) is 109 Å². The van der Waals surface area contributed by atoms with Gasteiger partial charge < -0.3 is 10.3 Å². The molecule has 1 fully saturated rings. The van der Waals surface area contributed by atoms with E-state index in [9.17, 15) is 22.2 Å². The Balaban J connectivity index is 1.60. The van der Waals surface area contributed by atoms with Gasteiger partial charge >= 0.3 is 6.18 Å². The molecular weight excluding hydrogens is 423 g/mol. The van der Waals surface area contributed by atoms with E-state index in [1.807, 2.05) is 11.4 Å². The van der Waals surface area contributed by atoms with Gasteiger partial charge in [0, 0.05) is 42.7 Å². The second kappa shape index (κ2) is 7.47. The highest BCUT2D eigenvalue weighted by atomic mass is 32.2. The third kappa shape index (κ3) is 3.94. The number of fused-ring (bicyclic) bond motifs is 1. The molecule has 2 N–H and O–H groups in total. The second-order valence-corrected chi connectivity index (χ2v) is 8.51. The second-order valence-electron chi connectivity index (χ2n) is 7.15. The van der Waals surface area contributed by atoms with Crippen LogP contribution in [0.25, 0.3) is 22.3 Å². The van der Waals surface area contributed by atoms with E-state index in [-0.39, 0.29) is 19.5 Å². The van der Waals surface area contributed by atoms with E-state index in [0.717, 1.165) is 5.39 Å². The standard InChI is InChI=1S/C17H18F3N7O2S/c1-30(29)26-8-16(9-26,4-13(28)22-7-17(18,19)20)27-6-11(5-25-27)14-12-2-3-21-15(12)24-10-23-14/h2-3,5-6,10H,4,7-9H2,1H3,(H,22,28)(H,21,23,24). The van der Waals surface area contributed by atoms with Gasteiger partial charge in [0.25, 0.3) is 0 Å². The molecule has 1 aliphatic rings. The number of nitrogens with zero attached hydrogens (tertiary/aromatic N) is 5. The summed E-state index contributed by atoms with van der Waals surface area (Å²) in [4.78, 5) is 23.6. The van der Waals surface area contributed by atoms with Crippen molar-refractivity contribution >= 4 is 27.9 Å². The van der Waals surface area contributed by atoms with Crippen molar-refractivity contribution in [2.45, 2.75) is 18.1 Å². The Hall–Kier alpha value is -2.80. The van der Waals surface area contributed by atoms with E-state index in [1.54, 1.807) is 27.6 Å². The third-order valence-corrected chi connectivity index (χ3v) is 5.96. The van der Waals surface area contributed by atoms with Crippen molar-refractivity contribution in [2.75, 3.05) is 25.9 Å². The Kier molecular flexibility index (Phi) is 5.10. The van der Waals surface area contributed by atoms with Gasteiger partial charge in [-0.3, -0.25) is 9.48 Å². The van der Waals surface area contributed by atoms with Gasteiger partial charge in [-0.1, -0.05) is 0 Å². The van der Waals surface area contributed by atoms with Gasteiger partial charge in [-0.15, -0.1) is 0 Å². The highest BCUT2D eigenvalue weighted by molar-refractivity contribution is 7.81. The maximum absolute atomic E-state index is 12.4. The summed E-state index contributed by atoms with van der Waals surface area (Å²) < 4.78 is 52.2. The zero-order valence-corrected chi connectivity index (χ0v) is 16.6. The summed E-state index contributed by atoms with van der Waals surface area (Å²) in [5.41, 5.74) is 1.07. The zero-order valence-electron chi connectivity index (χ0n) is 15.8. The smallest absolute Gasteiger partial charge is 0.347 e. The Bertz CT molecular complexity index is 1100. The molecule has 0 bridgehead atoms. The monoisotopic (exact) mass is 441 g/mol. The molecule has 1 atom stereocenters. The summed E-state index contributed by atoms with van der Waals surface area (Å²) in [6.45, 7) is -0.956. The number of rotatable bonds is 6. The van der Waals surface area contributed by atoms with Crippen LogP contribution in [0.15, 0.2) is 31.0 Å². The van der Waals surface area contributed by atoms with Crippen molar-refractivity contribution in [1.29, 1.82) is 0 Å². The summed E-state index contributed by atoms with van der Waals surface area (Å²) in [5, 5.41) is 7.04. The Morgan fingerprint density at radius 1 is 1.37 bits per heavy atom. The number of alkyl halides is 3. The zero-order chi connectivity index (χ0) is 21.5. The van der Waals surface area contributed by atoms with Gasteiger partial charge in [-0.2, -0.15) is 18.3 Å². The Morgan fingerprint density at radius 3 is 2.83 bits per heavy atom. The fourth-order valence-electron chi connectivity index (χ4n) is 3.50. The molecule has 1 amide bonds. The number of carbonyl (C=O) groups is 1. The van der Waals surface area contributed by atoms with Crippen molar-refractivity contribution in [1.82, 2.24) is 34.4 Å². The van der Waals surface area contributed by atoms with Gasteiger partial charge in [0.05, 0.1) is 34.8 Å². The molecule has 160 valence electrons. The number of hydrogen-bond acceptors (Lipinski definition) is 5. The lowest BCUT2D eigenvalue weighted by Gasteiger charge is -2.48. The molecule has 4 rings (SSSR count). The van der Waals surface area contributed by atoms with Gasteiger partial charge in [0.15, 0.2) is 0 Å². The molecule has 30 heavy (non-hydrogen) atoms. The lowest BCUT2D eigenvalue weighted by molar-refractivity contribution is -0.140. The molecule has 0 radical (unpaired) electrons. The van der Waals surface area contributed by atoms with Crippen LogP contribution < -0.4 is 5.32 Å². The van der Waals surface area contributed by atoms with Crippen LogP contribution in [0.4, 0.5) is 13.2 Å². The van der Waals surface area contributed by atoms with Crippen molar-refractivity contribution in [3.05, 3.63) is 31.0 Å². The van der Waals surface area contributed by atoms with Crippen molar-refractivity contribution in [2.24, 2.45) is 0 Å². The molecule has 0 saturated carbocycles. The van der Waals surface area contributed by atoms with Crippen LogP contribution >= 0.6 is 0 Å². The number of H-pyrrole nitrogens is 1. The van der Waals surface area contributed by atoms with Gasteiger partial charge in [-0.25, -0.2) is 18.5 Å². The van der Waals surface area contributed by atoms with Crippen LogP contribution in [-0.2, 0) is 21.3 Å². The fraction of sp³-hybridized carbons (Fsp3) is 0.412. The minimum Gasteiger partial charge on any atom is -0.347 e. The minimum atomic E-state index is -4.49. The van der Waals surface area contributed by atoms with Crippen molar-refractivity contribution < 1.29 is 22.2 Å². The van der Waals surface area contributed by atoms with Crippen molar-refractivity contribution in [3.63, 3.8) is 0 Å². The van der Waals surface area contributed by atoms with Gasteiger partial charge in [-0.05, 0) is 6.07 Å². The van der Waals surface area contributed by atoms with Crippen molar-refractivity contribution in [3.8, 4) is 11.3 Å². The first-order valence-corrected chi connectivity index (χ1v) is 10.4. The highest BCUT2D eigenvalue weighted by Gasteiger charge is 2.48. The average Bonchev–Trinajstić information content (AvgIpc) is 3.31. The minimum absolute atomic E-state index is 0.221. The molecule has 4 heterocycles. The van der Waals surface area contributed by atoms with Crippen LogP contribution in [-0.4, -0.2) is 71.2 Å². The number of aromatic nitrogens is 5. The summed E-state index contributed by atoms with van der Waals surface area (Å²) in [7, 11) is -1.26. The highest BCUT2D eigenvalue weighted by Crippen LogP contribution is 2.35. The van der Waals surface area contributed by atoms with Crippen LogP contribution in [0.5, 0.6) is 0 Å². The van der Waals surface area contributed by atoms with Crippen LogP contribution in [0.3, 0.4) is 0 Å². The molecule has 3 aromatic heterocycles. The number of amides is 1. The van der Waals surface area contributed by atoms with E-state index in [0.29, 0.717) is 16.9 Å². The number of halogens is 3. The molecule has 0 aromatic carbocycles. The molecule has 13 heteroatoms. The lowest BCUT2D eigenvalue weighted by Crippen LogP contribution is -2.64. The number of nitrogens with one attached hydrogen (secondary N) is 2. The molecule has 1 unspecified atom stereocenters. The molecular formula is C17H18F3N7O2S. The molecule has 1 aliphatic heterocycles. The lowest BCUT2D eigenvalue weighted by atomic mass is 9.88. The van der Waals surface area contributed by atoms with Crippen LogP contribution in [0.1, 0.15) is 6.42 Å². The number of hydrogen-bond donors (Lipinski definition) is 2. The molecule has 1 saturated heterocycles. The van der Waals surface area contributed by atoms with Gasteiger partial charge in [0.2, 0.25) is 5.91 Å². The maximum atomic E-state index is 12.4. The molecule has 3 aromatic rings. The quantitative estimate of drug-likeness (QED) is 0.598. The van der Waals surface area contributed by atoms with E-state index < -0.39 is 35.2 Å². The SMILES string of the molecule is CS(=O)N1CC(CC(=O)NCC(F)(F)F)(n2cc(-c3ncnc4[nH]ccc34)cn2)C1. The largest absolute Gasteiger partial charge is 0.405 e. The summed E-state index contributed by atoms with van der Waals surface area (Å²) in [6.07, 6.45) is 3.22. The van der Waals surface area contributed by atoms with Crippen LogP contribution in [0, 0.1) is 0 Å². The van der Waals surface area contributed by atoms with Crippen LogP contribution in [0.2, 0.25) is 0 Å². The Labute approximate surface area is 171 Å². The number of carbonyl (C=O) groups excluding carboxylic acids is 1. The van der Waals surface area contributed by atoms with E-state index >= 15 is 0 Å². The maximum Gasteiger partial charge on any atom is 0.405 e. The molecule has 0 aliphatic carbocycles. The summed E-state index contributed by atoms with van der Waals surface area (Å²) in [5.74, 6) is -0.749. The van der Waals surface area contributed by atoms with E-state index in [1.165, 1.54) is 12.6 Å². The summed E-state index contributed by atoms with van der Waals surface area (Å²) in [6, 6.07) is 1.83. The Morgan fingerprint density at radius 2 is 2.13 bits per heavy atom. The molecule has 0 spiro atoms. The third-order valence-electron chi connectivity index (χ3n) is 4.98. The fourth-order valence-corrected chi connectivity index (χ4v) is 4.34. The first kappa shape index (κ1) is 20.5. The average molecular weight is 441 g/mol. The van der Waals surface area contributed by atoms with Gasteiger partial charge in [0.1, 0.15) is 18.5 Å². The van der Waals surface area contributed by atoms with E-state index in [2.05, 4.69) is 20.1 Å². The predicted molar refractivity (Wildman–Crippen MR) is 102 cm³/mol. The number of aromatic amines is 1. The first-order chi connectivity index (χ1) is 14.2. The predicted octanol–water partition coefficient (Wildman–Crippen LogP) is 1.19. The summed E-state index contributed by atoms with van der Waals surface area (Å²) >= 11 is 0. The first-order valence-electron chi connectivity index (χ1n) is 8.92. The molecule has 9 nitrogen and oxygen atoms in total. The van der Waals surface area contributed by atoms with E-state index in [4.69, 9.17) is 0 Å².